The molecule has 6 heteroatoms. The van der Waals surface area contributed by atoms with Crippen LogP contribution in [0.4, 0.5) is 0 Å². The number of likely N-dealkylation sites (tertiary alicyclic amines) is 1. The van der Waals surface area contributed by atoms with E-state index < -0.39 is 0 Å². The number of ether oxygens (including phenoxy) is 1. The SMILES string of the molecule is COCCC(=O)N1CCC(NC(=O)CCCl)CC1. The topological polar surface area (TPSA) is 58.6 Å². The monoisotopic (exact) mass is 276 g/mol. The Kier molecular flexibility index (Phi) is 7.05. The van der Waals surface area contributed by atoms with Crippen molar-refractivity contribution in [2.24, 2.45) is 0 Å². The van der Waals surface area contributed by atoms with Gasteiger partial charge < -0.3 is 15.0 Å². The molecule has 0 atom stereocenters. The van der Waals surface area contributed by atoms with Gasteiger partial charge in [0.25, 0.3) is 0 Å². The van der Waals surface area contributed by atoms with Crippen LogP contribution in [0.3, 0.4) is 0 Å². The van der Waals surface area contributed by atoms with Crippen LogP contribution in [0, 0.1) is 0 Å². The van der Waals surface area contributed by atoms with Gasteiger partial charge in [0.2, 0.25) is 11.8 Å². The zero-order valence-corrected chi connectivity index (χ0v) is 11.5. The number of alkyl halides is 1. The number of hydrogen-bond acceptors (Lipinski definition) is 3. The molecule has 1 fully saturated rings. The van der Waals surface area contributed by atoms with Gasteiger partial charge in [-0.1, -0.05) is 0 Å². The minimum Gasteiger partial charge on any atom is -0.384 e. The molecule has 18 heavy (non-hydrogen) atoms. The minimum absolute atomic E-state index is 0.00541. The summed E-state index contributed by atoms with van der Waals surface area (Å²) >= 11 is 5.50. The van der Waals surface area contributed by atoms with Gasteiger partial charge in [0, 0.05) is 38.5 Å². The number of nitrogens with one attached hydrogen (secondary N) is 1. The number of carbonyl (C=O) groups excluding carboxylic acids is 2. The molecular weight excluding hydrogens is 256 g/mol. The number of hydrogen-bond donors (Lipinski definition) is 1. The van der Waals surface area contributed by atoms with Crippen molar-refractivity contribution >= 4 is 23.4 Å². The van der Waals surface area contributed by atoms with Gasteiger partial charge in [0.1, 0.15) is 0 Å². The van der Waals surface area contributed by atoms with Crippen LogP contribution in [-0.4, -0.2) is 55.4 Å². The fourth-order valence-corrected chi connectivity index (χ4v) is 2.18. The molecule has 0 aromatic rings. The predicted molar refractivity (Wildman–Crippen MR) is 69.6 cm³/mol. The third kappa shape index (κ3) is 5.23. The molecule has 104 valence electrons. The third-order valence-corrected chi connectivity index (χ3v) is 3.24. The lowest BCUT2D eigenvalue weighted by atomic mass is 10.0. The number of amides is 2. The van der Waals surface area contributed by atoms with Gasteiger partial charge in [-0.15, -0.1) is 11.6 Å². The van der Waals surface area contributed by atoms with Gasteiger partial charge in [-0.3, -0.25) is 9.59 Å². The fourth-order valence-electron chi connectivity index (χ4n) is 2.01. The van der Waals surface area contributed by atoms with Gasteiger partial charge in [0.15, 0.2) is 0 Å². The van der Waals surface area contributed by atoms with Crippen molar-refractivity contribution in [2.45, 2.75) is 31.7 Å². The smallest absolute Gasteiger partial charge is 0.224 e. The van der Waals surface area contributed by atoms with Gasteiger partial charge in [-0.25, -0.2) is 0 Å². The van der Waals surface area contributed by atoms with Crippen LogP contribution >= 0.6 is 11.6 Å². The summed E-state index contributed by atoms with van der Waals surface area (Å²) in [4.78, 5) is 24.9. The minimum atomic E-state index is -0.00541. The predicted octanol–water partition coefficient (Wildman–Crippen LogP) is 0.759. The molecule has 1 heterocycles. The molecule has 0 aromatic heterocycles. The number of piperidine rings is 1. The van der Waals surface area contributed by atoms with E-state index in [0.29, 0.717) is 38.4 Å². The molecule has 0 aromatic carbocycles. The lowest BCUT2D eigenvalue weighted by Crippen LogP contribution is -2.46. The molecule has 1 rings (SSSR count). The van der Waals surface area contributed by atoms with Crippen LogP contribution < -0.4 is 5.32 Å². The number of methoxy groups -OCH3 is 1. The van der Waals surface area contributed by atoms with Gasteiger partial charge in [-0.05, 0) is 12.8 Å². The Bertz CT molecular complexity index is 278. The lowest BCUT2D eigenvalue weighted by molar-refractivity contribution is -0.133. The average Bonchev–Trinajstić information content (AvgIpc) is 2.37. The van der Waals surface area contributed by atoms with Crippen molar-refractivity contribution < 1.29 is 14.3 Å². The summed E-state index contributed by atoms with van der Waals surface area (Å²) in [7, 11) is 1.59. The summed E-state index contributed by atoms with van der Waals surface area (Å²) in [6.45, 7) is 1.87. The van der Waals surface area contributed by atoms with Crippen molar-refractivity contribution in [3.05, 3.63) is 0 Å². The summed E-state index contributed by atoms with van der Waals surface area (Å²) in [5, 5.41) is 2.94. The maximum absolute atomic E-state index is 11.7. The molecule has 5 nitrogen and oxygen atoms in total. The number of nitrogens with zero attached hydrogens (tertiary/aromatic N) is 1. The van der Waals surface area contributed by atoms with Crippen molar-refractivity contribution in [3.63, 3.8) is 0 Å². The van der Waals surface area contributed by atoms with Gasteiger partial charge >= 0.3 is 0 Å². The Morgan fingerprint density at radius 1 is 1.33 bits per heavy atom. The first-order chi connectivity index (χ1) is 8.67. The van der Waals surface area contributed by atoms with Crippen molar-refractivity contribution in [2.75, 3.05) is 32.7 Å². The molecule has 0 radical (unpaired) electrons. The first kappa shape index (κ1) is 15.2. The van der Waals surface area contributed by atoms with Crippen molar-refractivity contribution in [1.29, 1.82) is 0 Å². The van der Waals surface area contributed by atoms with E-state index in [-0.39, 0.29) is 17.9 Å². The number of carbonyl (C=O) groups is 2. The highest BCUT2D eigenvalue weighted by Crippen LogP contribution is 2.11. The van der Waals surface area contributed by atoms with Crippen LogP contribution in [0.25, 0.3) is 0 Å². The Morgan fingerprint density at radius 3 is 2.56 bits per heavy atom. The Labute approximate surface area is 113 Å². The van der Waals surface area contributed by atoms with E-state index in [1.165, 1.54) is 0 Å². The van der Waals surface area contributed by atoms with E-state index in [2.05, 4.69) is 5.32 Å². The quantitative estimate of drug-likeness (QED) is 0.729. The van der Waals surface area contributed by atoms with Crippen LogP contribution in [-0.2, 0) is 14.3 Å². The van der Waals surface area contributed by atoms with Gasteiger partial charge in [-0.2, -0.15) is 0 Å². The van der Waals surface area contributed by atoms with E-state index in [9.17, 15) is 9.59 Å². The molecule has 0 saturated carbocycles. The third-order valence-electron chi connectivity index (χ3n) is 3.05. The molecule has 2 amide bonds. The Hall–Kier alpha value is -0.810. The standard InChI is InChI=1S/C12H21ClN2O3/c1-18-9-5-12(17)15-7-3-10(4-8-15)14-11(16)2-6-13/h10H,2-9H2,1H3,(H,14,16). The fraction of sp³-hybridized carbons (Fsp3) is 0.833. The van der Waals surface area contributed by atoms with E-state index in [1.807, 2.05) is 4.90 Å². The summed E-state index contributed by atoms with van der Waals surface area (Å²) in [6.07, 6.45) is 2.41. The molecule has 0 aliphatic carbocycles. The molecule has 1 aliphatic rings. The summed E-state index contributed by atoms with van der Waals surface area (Å²) in [5.74, 6) is 0.469. The number of rotatable bonds is 6. The zero-order valence-electron chi connectivity index (χ0n) is 10.8. The van der Waals surface area contributed by atoms with Crippen molar-refractivity contribution in [3.8, 4) is 0 Å². The number of halogens is 1. The highest BCUT2D eigenvalue weighted by Gasteiger charge is 2.23. The highest BCUT2D eigenvalue weighted by molar-refractivity contribution is 6.18. The first-order valence-electron chi connectivity index (χ1n) is 6.29. The second-order valence-corrected chi connectivity index (χ2v) is 4.78. The normalized spacial score (nSPS) is 16.7. The molecule has 0 unspecified atom stereocenters. The summed E-state index contributed by atoms with van der Waals surface area (Å²) in [6, 6.07) is 0.173. The summed E-state index contributed by atoms with van der Waals surface area (Å²) in [5.41, 5.74) is 0. The first-order valence-corrected chi connectivity index (χ1v) is 6.83. The highest BCUT2D eigenvalue weighted by atomic mass is 35.5. The van der Waals surface area contributed by atoms with Crippen LogP contribution in [0.2, 0.25) is 0 Å². The lowest BCUT2D eigenvalue weighted by Gasteiger charge is -2.32. The average molecular weight is 277 g/mol. The summed E-state index contributed by atoms with van der Waals surface area (Å²) < 4.78 is 4.89. The largest absolute Gasteiger partial charge is 0.384 e. The molecule has 0 bridgehead atoms. The van der Waals surface area contributed by atoms with E-state index >= 15 is 0 Å². The molecule has 0 spiro atoms. The van der Waals surface area contributed by atoms with E-state index in [4.69, 9.17) is 16.3 Å². The van der Waals surface area contributed by atoms with Crippen LogP contribution in [0.1, 0.15) is 25.7 Å². The Morgan fingerprint density at radius 2 is 2.00 bits per heavy atom. The molecular formula is C12H21ClN2O3. The maximum Gasteiger partial charge on any atom is 0.224 e. The van der Waals surface area contributed by atoms with Crippen LogP contribution in [0.5, 0.6) is 0 Å². The van der Waals surface area contributed by atoms with E-state index in [0.717, 1.165) is 12.8 Å². The van der Waals surface area contributed by atoms with Gasteiger partial charge in [0.05, 0.1) is 13.0 Å². The molecule has 1 saturated heterocycles. The Balaban J connectivity index is 2.23. The van der Waals surface area contributed by atoms with E-state index in [1.54, 1.807) is 7.11 Å². The van der Waals surface area contributed by atoms with Crippen LogP contribution in [0.15, 0.2) is 0 Å². The zero-order chi connectivity index (χ0) is 13.4. The second kappa shape index (κ2) is 8.32. The second-order valence-electron chi connectivity index (χ2n) is 4.40. The maximum atomic E-state index is 11.7. The molecule has 1 N–H and O–H groups in total. The van der Waals surface area contributed by atoms with Crippen molar-refractivity contribution in [1.82, 2.24) is 10.2 Å². The molecule has 1 aliphatic heterocycles.